The van der Waals surface area contributed by atoms with E-state index in [0.717, 1.165) is 0 Å². The molecule has 1 amide bonds. The van der Waals surface area contributed by atoms with Crippen molar-refractivity contribution < 1.29 is 24.0 Å². The maximum atomic E-state index is 11.8. The van der Waals surface area contributed by atoms with Gasteiger partial charge in [-0.05, 0) is 12.1 Å². The van der Waals surface area contributed by atoms with Crippen molar-refractivity contribution in [2.75, 3.05) is 19.0 Å². The molecule has 1 N–H and O–H groups in total. The predicted octanol–water partition coefficient (Wildman–Crippen LogP) is 1.78. The van der Waals surface area contributed by atoms with Crippen LogP contribution in [-0.2, 0) is 20.7 Å². The lowest BCUT2D eigenvalue weighted by atomic mass is 10.3. The molecule has 126 valence electrons. The number of thiazole rings is 1. The van der Waals surface area contributed by atoms with Crippen LogP contribution in [0.4, 0.5) is 10.8 Å². The number of benzene rings is 1. The number of carbonyl (C=O) groups excluding carboxylic acids is 2. The summed E-state index contributed by atoms with van der Waals surface area (Å²) in [6.45, 7) is -0.274. The zero-order valence-corrected chi connectivity index (χ0v) is 13.4. The number of nitro benzene ring substituents is 1. The summed E-state index contributed by atoms with van der Waals surface area (Å²) in [6.07, 6.45) is 0.0299. The average molecular weight is 351 g/mol. The second kappa shape index (κ2) is 8.02. The molecule has 0 bridgehead atoms. The van der Waals surface area contributed by atoms with Crippen LogP contribution in [0.25, 0.3) is 0 Å². The zero-order valence-electron chi connectivity index (χ0n) is 12.6. The molecule has 9 nitrogen and oxygen atoms in total. The Morgan fingerprint density at radius 2 is 2.04 bits per heavy atom. The molecule has 24 heavy (non-hydrogen) atoms. The van der Waals surface area contributed by atoms with Crippen molar-refractivity contribution in [2.24, 2.45) is 0 Å². The van der Waals surface area contributed by atoms with Crippen molar-refractivity contribution in [3.63, 3.8) is 0 Å². The van der Waals surface area contributed by atoms with Gasteiger partial charge in [0.15, 0.2) is 11.7 Å². The second-order valence-electron chi connectivity index (χ2n) is 4.48. The molecule has 0 spiro atoms. The molecule has 0 aliphatic rings. The maximum absolute atomic E-state index is 11.8. The molecule has 0 unspecified atom stereocenters. The number of methoxy groups -OCH3 is 1. The topological polar surface area (TPSA) is 121 Å². The summed E-state index contributed by atoms with van der Waals surface area (Å²) in [5.74, 6) is -0.520. The summed E-state index contributed by atoms with van der Waals surface area (Å²) in [5, 5.41) is 15.1. The van der Waals surface area contributed by atoms with Gasteiger partial charge in [-0.3, -0.25) is 25.0 Å². The molecule has 2 aromatic rings. The van der Waals surface area contributed by atoms with Gasteiger partial charge in [0.05, 0.1) is 24.1 Å². The zero-order chi connectivity index (χ0) is 17.5. The van der Waals surface area contributed by atoms with E-state index in [-0.39, 0.29) is 18.7 Å². The third-order valence-corrected chi connectivity index (χ3v) is 3.58. The van der Waals surface area contributed by atoms with Gasteiger partial charge >= 0.3 is 5.97 Å². The fraction of sp³-hybridized carbons (Fsp3) is 0.214. The number of ether oxygens (including phenoxy) is 2. The van der Waals surface area contributed by atoms with E-state index in [0.29, 0.717) is 16.6 Å². The van der Waals surface area contributed by atoms with Crippen molar-refractivity contribution >= 4 is 34.0 Å². The van der Waals surface area contributed by atoms with Gasteiger partial charge in [-0.25, -0.2) is 4.98 Å². The van der Waals surface area contributed by atoms with E-state index in [1.165, 1.54) is 42.7 Å². The SMILES string of the molecule is COC(=O)Cc1csc(NC(=O)COc2ccc([N+](=O)[O-])cc2)n1. The number of rotatable bonds is 7. The van der Waals surface area contributed by atoms with Gasteiger partial charge < -0.3 is 9.47 Å². The number of hydrogen-bond donors (Lipinski definition) is 1. The number of nitrogens with one attached hydrogen (secondary N) is 1. The van der Waals surface area contributed by atoms with Crippen molar-refractivity contribution in [1.29, 1.82) is 0 Å². The van der Waals surface area contributed by atoms with Crippen LogP contribution in [0.1, 0.15) is 5.69 Å². The minimum Gasteiger partial charge on any atom is -0.484 e. The molecule has 0 aliphatic heterocycles. The van der Waals surface area contributed by atoms with Crippen LogP contribution in [0.15, 0.2) is 29.6 Å². The number of anilines is 1. The smallest absolute Gasteiger partial charge is 0.311 e. The highest BCUT2D eigenvalue weighted by Crippen LogP contribution is 2.18. The minimum absolute atomic E-state index is 0.0299. The summed E-state index contributed by atoms with van der Waals surface area (Å²) in [5.41, 5.74) is 0.436. The lowest BCUT2D eigenvalue weighted by Gasteiger charge is -2.05. The predicted molar refractivity (Wildman–Crippen MR) is 85.1 cm³/mol. The molecule has 0 aliphatic carbocycles. The first-order chi connectivity index (χ1) is 11.5. The molecule has 0 fully saturated rings. The molecule has 1 heterocycles. The first-order valence-electron chi connectivity index (χ1n) is 6.66. The van der Waals surface area contributed by atoms with Crippen LogP contribution in [-0.4, -0.2) is 35.5 Å². The number of amides is 1. The third kappa shape index (κ3) is 5.02. The van der Waals surface area contributed by atoms with E-state index >= 15 is 0 Å². The van der Waals surface area contributed by atoms with E-state index in [9.17, 15) is 19.7 Å². The molecule has 0 atom stereocenters. The highest BCUT2D eigenvalue weighted by atomic mass is 32.1. The fourth-order valence-electron chi connectivity index (χ4n) is 1.63. The lowest BCUT2D eigenvalue weighted by Crippen LogP contribution is -2.20. The molecule has 10 heteroatoms. The largest absolute Gasteiger partial charge is 0.484 e. The quantitative estimate of drug-likeness (QED) is 0.458. The Morgan fingerprint density at radius 3 is 2.67 bits per heavy atom. The number of carbonyl (C=O) groups is 2. The molecule has 0 saturated carbocycles. The second-order valence-corrected chi connectivity index (χ2v) is 5.34. The Morgan fingerprint density at radius 1 is 1.33 bits per heavy atom. The molecular weight excluding hydrogens is 338 g/mol. The van der Waals surface area contributed by atoms with Gasteiger partial charge in [-0.2, -0.15) is 0 Å². The Hall–Kier alpha value is -3.01. The van der Waals surface area contributed by atoms with Crippen molar-refractivity contribution in [3.8, 4) is 5.75 Å². The summed E-state index contributed by atoms with van der Waals surface area (Å²) < 4.78 is 9.76. The van der Waals surface area contributed by atoms with E-state index in [1.54, 1.807) is 5.38 Å². The van der Waals surface area contributed by atoms with Gasteiger partial charge in [0.1, 0.15) is 5.75 Å². The normalized spacial score (nSPS) is 10.0. The lowest BCUT2D eigenvalue weighted by molar-refractivity contribution is -0.384. The number of esters is 1. The molecule has 1 aromatic heterocycles. The summed E-state index contributed by atoms with van der Waals surface area (Å²) in [4.78, 5) is 37.0. The van der Waals surface area contributed by atoms with Crippen molar-refractivity contribution in [2.45, 2.75) is 6.42 Å². The number of hydrogen-bond acceptors (Lipinski definition) is 8. The number of aromatic nitrogens is 1. The van der Waals surface area contributed by atoms with Gasteiger partial charge in [-0.1, -0.05) is 0 Å². The van der Waals surface area contributed by atoms with Gasteiger partial charge in [0.2, 0.25) is 0 Å². The molecule has 1 aromatic carbocycles. The molecule has 0 radical (unpaired) electrons. The monoisotopic (exact) mass is 351 g/mol. The molecule has 2 rings (SSSR count). The van der Waals surface area contributed by atoms with Crippen LogP contribution < -0.4 is 10.1 Å². The number of non-ortho nitro benzene ring substituents is 1. The van der Waals surface area contributed by atoms with Crippen molar-refractivity contribution in [1.82, 2.24) is 4.98 Å². The van der Waals surface area contributed by atoms with E-state index in [2.05, 4.69) is 15.0 Å². The highest BCUT2D eigenvalue weighted by molar-refractivity contribution is 7.13. The summed E-state index contributed by atoms with van der Waals surface area (Å²) in [7, 11) is 1.28. The Balaban J connectivity index is 1.82. The van der Waals surface area contributed by atoms with Crippen LogP contribution in [0, 0.1) is 10.1 Å². The van der Waals surface area contributed by atoms with E-state index in [4.69, 9.17) is 4.74 Å². The van der Waals surface area contributed by atoms with Gasteiger partial charge in [0.25, 0.3) is 11.6 Å². The van der Waals surface area contributed by atoms with Crippen LogP contribution in [0.5, 0.6) is 5.75 Å². The molecular formula is C14H13N3O6S. The first-order valence-corrected chi connectivity index (χ1v) is 7.54. The van der Waals surface area contributed by atoms with Crippen LogP contribution in [0.3, 0.4) is 0 Å². The van der Waals surface area contributed by atoms with E-state index < -0.39 is 16.8 Å². The fourth-order valence-corrected chi connectivity index (χ4v) is 2.36. The third-order valence-electron chi connectivity index (χ3n) is 2.77. The Kier molecular flexibility index (Phi) is 5.79. The summed E-state index contributed by atoms with van der Waals surface area (Å²) in [6, 6.07) is 5.38. The minimum atomic E-state index is -0.523. The Labute approximate surface area is 140 Å². The standard InChI is InChI=1S/C14H13N3O6S/c1-22-13(19)6-9-8-24-14(15-9)16-12(18)7-23-11-4-2-10(3-5-11)17(20)21/h2-5,8H,6-7H2,1H3,(H,15,16,18). The highest BCUT2D eigenvalue weighted by Gasteiger charge is 2.11. The summed E-state index contributed by atoms with van der Waals surface area (Å²) >= 11 is 1.18. The van der Waals surface area contributed by atoms with Crippen LogP contribution in [0.2, 0.25) is 0 Å². The number of nitro groups is 1. The first kappa shape index (κ1) is 17.3. The van der Waals surface area contributed by atoms with Gasteiger partial charge in [-0.15, -0.1) is 11.3 Å². The van der Waals surface area contributed by atoms with E-state index in [1.807, 2.05) is 0 Å². The number of nitrogens with zero attached hydrogens (tertiary/aromatic N) is 2. The maximum Gasteiger partial charge on any atom is 0.311 e. The molecule has 0 saturated heterocycles. The average Bonchev–Trinajstić information content (AvgIpc) is 3.00. The van der Waals surface area contributed by atoms with Crippen LogP contribution >= 0.6 is 11.3 Å². The Bertz CT molecular complexity index is 743. The van der Waals surface area contributed by atoms with Gasteiger partial charge in [0, 0.05) is 17.5 Å². The van der Waals surface area contributed by atoms with Crippen molar-refractivity contribution in [3.05, 3.63) is 45.5 Å².